The summed E-state index contributed by atoms with van der Waals surface area (Å²) in [5.41, 5.74) is 1.68. The number of benzene rings is 1. The third-order valence-corrected chi connectivity index (χ3v) is 1.87. The topological polar surface area (TPSA) is 0 Å². The molecule has 0 saturated heterocycles. The molecule has 0 nitrogen and oxygen atoms in total. The minimum Gasteiger partial charge on any atom is -0.171 e. The van der Waals surface area contributed by atoms with Crippen molar-refractivity contribution in [1.82, 2.24) is 0 Å². The molecule has 0 saturated carbocycles. The van der Waals surface area contributed by atoms with Gasteiger partial charge < -0.3 is 0 Å². The summed E-state index contributed by atoms with van der Waals surface area (Å²) < 4.78 is 36.0. The minimum atomic E-state index is -4.18. The maximum Gasteiger partial charge on any atom is 0.393 e. The summed E-state index contributed by atoms with van der Waals surface area (Å²) in [5, 5.41) is 0. The molecule has 3 heteroatoms. The third kappa shape index (κ3) is 3.24. The van der Waals surface area contributed by atoms with Crippen LogP contribution in [0.25, 0.3) is 5.57 Å². The lowest BCUT2D eigenvalue weighted by Gasteiger charge is -2.09. The van der Waals surface area contributed by atoms with Crippen LogP contribution in [0.2, 0.25) is 0 Å². The Balaban J connectivity index is 2.76. The first-order chi connectivity index (χ1) is 6.38. The zero-order valence-corrected chi connectivity index (χ0v) is 7.86. The van der Waals surface area contributed by atoms with Gasteiger partial charge in [-0.05, 0) is 18.1 Å². The van der Waals surface area contributed by atoms with Crippen LogP contribution in [0.1, 0.15) is 17.5 Å². The maximum absolute atomic E-state index is 12.0. The van der Waals surface area contributed by atoms with Gasteiger partial charge in [-0.25, -0.2) is 0 Å². The number of rotatable bonds is 2. The Bertz CT molecular complexity index is 319. The highest BCUT2D eigenvalue weighted by Crippen LogP contribution is 2.28. The molecule has 1 aromatic rings. The van der Waals surface area contributed by atoms with Crippen molar-refractivity contribution in [2.75, 3.05) is 0 Å². The SMILES string of the molecule is C=C(CC(F)(F)F)c1ccc(C)cc1. The van der Waals surface area contributed by atoms with Crippen molar-refractivity contribution >= 4 is 5.57 Å². The molecule has 0 bridgehead atoms. The van der Waals surface area contributed by atoms with Crippen LogP contribution in [0, 0.1) is 6.92 Å². The van der Waals surface area contributed by atoms with Gasteiger partial charge in [-0.3, -0.25) is 0 Å². The smallest absolute Gasteiger partial charge is 0.171 e. The van der Waals surface area contributed by atoms with Crippen LogP contribution >= 0.6 is 0 Å². The fraction of sp³-hybridized carbons (Fsp3) is 0.273. The van der Waals surface area contributed by atoms with E-state index in [0.29, 0.717) is 5.56 Å². The van der Waals surface area contributed by atoms with Gasteiger partial charge in [-0.15, -0.1) is 0 Å². The molecule has 1 aromatic carbocycles. The molecule has 76 valence electrons. The van der Waals surface area contributed by atoms with Crippen LogP contribution < -0.4 is 0 Å². The van der Waals surface area contributed by atoms with Crippen LogP contribution in [-0.4, -0.2) is 6.18 Å². The van der Waals surface area contributed by atoms with Crippen LogP contribution in [0.3, 0.4) is 0 Å². The molecule has 0 unspecified atom stereocenters. The first-order valence-electron chi connectivity index (χ1n) is 4.20. The van der Waals surface area contributed by atoms with Crippen molar-refractivity contribution in [3.63, 3.8) is 0 Å². The Morgan fingerprint density at radius 1 is 1.21 bits per heavy atom. The molecule has 0 aliphatic heterocycles. The Kier molecular flexibility index (Phi) is 2.99. The molecule has 0 atom stereocenters. The first-order valence-corrected chi connectivity index (χ1v) is 4.20. The number of aryl methyl sites for hydroxylation is 1. The fourth-order valence-corrected chi connectivity index (χ4v) is 1.13. The number of halogens is 3. The first kappa shape index (κ1) is 10.8. The highest BCUT2D eigenvalue weighted by Gasteiger charge is 2.28. The predicted molar refractivity (Wildman–Crippen MR) is 50.9 cm³/mol. The normalized spacial score (nSPS) is 11.4. The van der Waals surface area contributed by atoms with E-state index < -0.39 is 12.6 Å². The van der Waals surface area contributed by atoms with Gasteiger partial charge in [0.2, 0.25) is 0 Å². The fourth-order valence-electron chi connectivity index (χ4n) is 1.13. The highest BCUT2D eigenvalue weighted by atomic mass is 19.4. The zero-order chi connectivity index (χ0) is 10.8. The molecule has 0 aromatic heterocycles. The van der Waals surface area contributed by atoms with Crippen molar-refractivity contribution in [2.24, 2.45) is 0 Å². The molecule has 0 aliphatic rings. The minimum absolute atomic E-state index is 0.109. The van der Waals surface area contributed by atoms with Crippen LogP contribution in [0.4, 0.5) is 13.2 Å². The zero-order valence-electron chi connectivity index (χ0n) is 7.86. The lowest BCUT2D eigenvalue weighted by Crippen LogP contribution is -2.07. The monoisotopic (exact) mass is 200 g/mol. The lowest BCUT2D eigenvalue weighted by molar-refractivity contribution is -0.122. The standard InChI is InChI=1S/C11H11F3/c1-8-3-5-10(6-4-8)9(2)7-11(12,13)14/h3-6H,2,7H2,1H3. The lowest BCUT2D eigenvalue weighted by atomic mass is 10.0. The van der Waals surface area contributed by atoms with Crippen molar-refractivity contribution < 1.29 is 13.2 Å². The molecule has 0 heterocycles. The van der Waals surface area contributed by atoms with E-state index in [1.54, 1.807) is 24.3 Å². The van der Waals surface area contributed by atoms with Gasteiger partial charge in [0.25, 0.3) is 0 Å². The third-order valence-electron chi connectivity index (χ3n) is 1.87. The Hall–Kier alpha value is -1.25. The quantitative estimate of drug-likeness (QED) is 0.677. The van der Waals surface area contributed by atoms with Crippen molar-refractivity contribution in [3.05, 3.63) is 42.0 Å². The van der Waals surface area contributed by atoms with E-state index in [1.807, 2.05) is 6.92 Å². The van der Waals surface area contributed by atoms with Crippen molar-refractivity contribution in [3.8, 4) is 0 Å². The maximum atomic E-state index is 12.0. The highest BCUT2D eigenvalue weighted by molar-refractivity contribution is 5.63. The Morgan fingerprint density at radius 3 is 2.14 bits per heavy atom. The van der Waals surface area contributed by atoms with Crippen LogP contribution in [0.15, 0.2) is 30.8 Å². The largest absolute Gasteiger partial charge is 0.393 e. The second kappa shape index (κ2) is 3.86. The van der Waals surface area contributed by atoms with E-state index in [-0.39, 0.29) is 5.57 Å². The number of hydrogen-bond donors (Lipinski definition) is 0. The van der Waals surface area contributed by atoms with Gasteiger partial charge in [-0.1, -0.05) is 36.4 Å². The van der Waals surface area contributed by atoms with E-state index in [0.717, 1.165) is 5.56 Å². The summed E-state index contributed by atoms with van der Waals surface area (Å²) in [4.78, 5) is 0. The van der Waals surface area contributed by atoms with E-state index in [9.17, 15) is 13.2 Å². The summed E-state index contributed by atoms with van der Waals surface area (Å²) in [6, 6.07) is 6.86. The summed E-state index contributed by atoms with van der Waals surface area (Å²) >= 11 is 0. The average molecular weight is 200 g/mol. The van der Waals surface area contributed by atoms with Crippen LogP contribution in [-0.2, 0) is 0 Å². The van der Waals surface area contributed by atoms with Gasteiger partial charge in [0.05, 0.1) is 6.42 Å². The molecular weight excluding hydrogens is 189 g/mol. The Labute approximate surface area is 81.1 Å². The predicted octanol–water partition coefficient (Wildman–Crippen LogP) is 3.96. The summed E-state index contributed by atoms with van der Waals surface area (Å²) in [6.45, 7) is 5.31. The molecule has 0 N–H and O–H groups in total. The number of allylic oxidation sites excluding steroid dienone is 1. The summed E-state index contributed by atoms with van der Waals surface area (Å²) in [5.74, 6) is 0. The van der Waals surface area contributed by atoms with Crippen LogP contribution in [0.5, 0.6) is 0 Å². The average Bonchev–Trinajstić information content (AvgIpc) is 2.02. The van der Waals surface area contributed by atoms with Gasteiger partial charge in [0.1, 0.15) is 0 Å². The van der Waals surface area contributed by atoms with Gasteiger partial charge in [0, 0.05) is 0 Å². The molecule has 0 amide bonds. The van der Waals surface area contributed by atoms with E-state index in [4.69, 9.17) is 0 Å². The molecule has 0 aliphatic carbocycles. The molecule has 14 heavy (non-hydrogen) atoms. The van der Waals surface area contributed by atoms with E-state index in [2.05, 4.69) is 6.58 Å². The van der Waals surface area contributed by atoms with E-state index in [1.165, 1.54) is 0 Å². The molecule has 1 rings (SSSR count). The summed E-state index contributed by atoms with van der Waals surface area (Å²) in [6.07, 6.45) is -5.13. The molecule has 0 radical (unpaired) electrons. The molecular formula is C11H11F3. The van der Waals surface area contributed by atoms with Gasteiger partial charge in [-0.2, -0.15) is 13.2 Å². The second-order valence-corrected chi connectivity index (χ2v) is 3.26. The number of hydrogen-bond acceptors (Lipinski definition) is 0. The molecule has 0 spiro atoms. The van der Waals surface area contributed by atoms with Gasteiger partial charge in [0.15, 0.2) is 0 Å². The Morgan fingerprint density at radius 2 is 1.71 bits per heavy atom. The van der Waals surface area contributed by atoms with E-state index >= 15 is 0 Å². The molecule has 0 fully saturated rings. The van der Waals surface area contributed by atoms with Crippen molar-refractivity contribution in [1.29, 1.82) is 0 Å². The van der Waals surface area contributed by atoms with Crippen molar-refractivity contribution in [2.45, 2.75) is 19.5 Å². The number of alkyl halides is 3. The van der Waals surface area contributed by atoms with Gasteiger partial charge >= 0.3 is 6.18 Å². The second-order valence-electron chi connectivity index (χ2n) is 3.26. The summed E-state index contributed by atoms with van der Waals surface area (Å²) in [7, 11) is 0.